The first-order valence-electron chi connectivity index (χ1n) is 11.3. The predicted molar refractivity (Wildman–Crippen MR) is 125 cm³/mol. The van der Waals surface area contributed by atoms with E-state index < -0.39 is 0 Å². The summed E-state index contributed by atoms with van der Waals surface area (Å²) in [5.74, 6) is 1.77. The van der Waals surface area contributed by atoms with Crippen molar-refractivity contribution < 1.29 is 4.74 Å². The molecule has 2 aliphatic rings. The van der Waals surface area contributed by atoms with Crippen LogP contribution in [0.25, 0.3) is 16.8 Å². The van der Waals surface area contributed by atoms with Crippen LogP contribution in [0.1, 0.15) is 29.7 Å². The lowest BCUT2D eigenvalue weighted by Crippen LogP contribution is -2.41. The van der Waals surface area contributed by atoms with Gasteiger partial charge in [-0.2, -0.15) is 5.10 Å². The van der Waals surface area contributed by atoms with Crippen LogP contribution < -0.4 is 9.64 Å². The molecule has 3 aromatic heterocycles. The Balaban J connectivity index is 1.28. The molecule has 0 N–H and O–H groups in total. The summed E-state index contributed by atoms with van der Waals surface area (Å²) in [5, 5.41) is 4.66. The minimum atomic E-state index is 0.336. The fourth-order valence-corrected chi connectivity index (χ4v) is 5.59. The highest BCUT2D eigenvalue weighted by molar-refractivity contribution is 5.75. The van der Waals surface area contributed by atoms with E-state index in [2.05, 4.69) is 62.8 Å². The molecule has 0 radical (unpaired) electrons. The van der Waals surface area contributed by atoms with Crippen LogP contribution in [-0.2, 0) is 12.8 Å². The Labute approximate surface area is 187 Å². The molecule has 1 aromatic carbocycles. The van der Waals surface area contributed by atoms with Crippen molar-refractivity contribution >= 4 is 11.3 Å². The topological polar surface area (TPSA) is 55.5 Å². The zero-order valence-corrected chi connectivity index (χ0v) is 18.6. The van der Waals surface area contributed by atoms with E-state index in [0.717, 1.165) is 72.9 Å². The molecule has 6 nitrogen and oxygen atoms in total. The molecule has 1 fully saturated rings. The number of pyridine rings is 1. The van der Waals surface area contributed by atoms with Gasteiger partial charge in [0.15, 0.2) is 5.82 Å². The van der Waals surface area contributed by atoms with Gasteiger partial charge in [0.2, 0.25) is 5.88 Å². The minimum Gasteiger partial charge on any atom is -0.481 e. The number of methoxy groups -OCH3 is 1. The van der Waals surface area contributed by atoms with E-state index in [1.54, 1.807) is 7.11 Å². The summed E-state index contributed by atoms with van der Waals surface area (Å²) in [6.45, 7) is 4.11. The second kappa shape index (κ2) is 7.33. The molecule has 1 aliphatic carbocycles. The van der Waals surface area contributed by atoms with Crippen molar-refractivity contribution in [3.63, 3.8) is 0 Å². The lowest BCUT2D eigenvalue weighted by Gasteiger charge is -2.40. The summed E-state index contributed by atoms with van der Waals surface area (Å²) in [4.78, 5) is 12.0. The highest BCUT2D eigenvalue weighted by atomic mass is 16.5. The van der Waals surface area contributed by atoms with Crippen LogP contribution in [0.3, 0.4) is 0 Å². The fourth-order valence-electron chi connectivity index (χ4n) is 5.59. The number of hydrogen-bond donors (Lipinski definition) is 0. The third-order valence-corrected chi connectivity index (χ3v) is 7.27. The number of piperidine rings is 1. The molecule has 0 unspecified atom stereocenters. The van der Waals surface area contributed by atoms with Crippen molar-refractivity contribution in [1.82, 2.24) is 19.6 Å². The van der Waals surface area contributed by atoms with E-state index in [9.17, 15) is 0 Å². The maximum atomic E-state index is 5.34. The Kier molecular flexibility index (Phi) is 4.42. The maximum absolute atomic E-state index is 5.34. The van der Waals surface area contributed by atoms with Gasteiger partial charge in [-0.05, 0) is 55.2 Å². The van der Waals surface area contributed by atoms with Gasteiger partial charge >= 0.3 is 0 Å². The Morgan fingerprint density at radius 3 is 2.56 bits per heavy atom. The molecule has 6 rings (SSSR count). The van der Waals surface area contributed by atoms with E-state index in [1.165, 1.54) is 11.1 Å². The summed E-state index contributed by atoms with van der Waals surface area (Å²) in [7, 11) is 1.69. The average Bonchev–Trinajstić information content (AvgIpc) is 3.44. The Morgan fingerprint density at radius 1 is 1.00 bits per heavy atom. The van der Waals surface area contributed by atoms with Crippen LogP contribution in [0.4, 0.5) is 5.82 Å². The van der Waals surface area contributed by atoms with Crippen LogP contribution in [0, 0.1) is 12.3 Å². The van der Waals surface area contributed by atoms with Gasteiger partial charge in [-0.15, -0.1) is 0 Å². The normalized spacial score (nSPS) is 17.1. The van der Waals surface area contributed by atoms with Crippen molar-refractivity contribution in [2.45, 2.75) is 32.6 Å². The molecule has 1 aliphatic heterocycles. The van der Waals surface area contributed by atoms with Crippen LogP contribution in [0.15, 0.2) is 54.9 Å². The molecule has 1 saturated heterocycles. The zero-order valence-electron chi connectivity index (χ0n) is 18.6. The molecular formula is C26H27N5O. The summed E-state index contributed by atoms with van der Waals surface area (Å²) in [6.07, 6.45) is 8.45. The summed E-state index contributed by atoms with van der Waals surface area (Å²) >= 11 is 0. The van der Waals surface area contributed by atoms with Crippen molar-refractivity contribution in [3.8, 4) is 17.1 Å². The van der Waals surface area contributed by atoms with E-state index in [0.29, 0.717) is 5.41 Å². The lowest BCUT2D eigenvalue weighted by molar-refractivity contribution is 0.232. The van der Waals surface area contributed by atoms with Gasteiger partial charge < -0.3 is 9.64 Å². The SMILES string of the molecule is COc1cc2c(cn1)CC1(CCN(c3nc(C)c(-c4ccccc4)n4nccc34)CC1)C2. The van der Waals surface area contributed by atoms with E-state index in [4.69, 9.17) is 9.72 Å². The molecule has 0 bridgehead atoms. The van der Waals surface area contributed by atoms with Gasteiger partial charge in [0.05, 0.1) is 24.7 Å². The van der Waals surface area contributed by atoms with E-state index in [1.807, 2.05) is 18.5 Å². The number of aryl methyl sites for hydroxylation is 1. The number of rotatable bonds is 3. The lowest BCUT2D eigenvalue weighted by atomic mass is 9.76. The van der Waals surface area contributed by atoms with Gasteiger partial charge in [0, 0.05) is 30.9 Å². The number of benzene rings is 1. The second-order valence-electron chi connectivity index (χ2n) is 9.20. The molecule has 0 amide bonds. The predicted octanol–water partition coefficient (Wildman–Crippen LogP) is 4.49. The zero-order chi connectivity index (χ0) is 21.7. The summed E-state index contributed by atoms with van der Waals surface area (Å²) in [6, 6.07) is 14.6. The molecule has 6 heteroatoms. The number of nitrogens with zero attached hydrogens (tertiary/aromatic N) is 5. The molecule has 4 aromatic rings. The Hall–Kier alpha value is -3.41. The van der Waals surface area contributed by atoms with Gasteiger partial charge in [0.1, 0.15) is 5.52 Å². The van der Waals surface area contributed by atoms with Crippen LogP contribution in [0.5, 0.6) is 5.88 Å². The number of aromatic nitrogens is 4. The van der Waals surface area contributed by atoms with Gasteiger partial charge in [0.25, 0.3) is 0 Å². The van der Waals surface area contributed by atoms with Crippen molar-refractivity contribution in [1.29, 1.82) is 0 Å². The molecule has 32 heavy (non-hydrogen) atoms. The average molecular weight is 426 g/mol. The monoisotopic (exact) mass is 425 g/mol. The van der Waals surface area contributed by atoms with Gasteiger partial charge in [-0.1, -0.05) is 30.3 Å². The summed E-state index contributed by atoms with van der Waals surface area (Å²) in [5.41, 5.74) is 7.42. The van der Waals surface area contributed by atoms with Crippen molar-refractivity contribution in [3.05, 3.63) is 71.7 Å². The molecule has 162 valence electrons. The van der Waals surface area contributed by atoms with Crippen molar-refractivity contribution in [2.24, 2.45) is 5.41 Å². The molecule has 1 spiro atoms. The van der Waals surface area contributed by atoms with Gasteiger partial charge in [-0.25, -0.2) is 14.5 Å². The first-order valence-corrected chi connectivity index (χ1v) is 11.3. The molecular weight excluding hydrogens is 398 g/mol. The number of anilines is 1. The molecule has 4 heterocycles. The smallest absolute Gasteiger partial charge is 0.213 e. The maximum Gasteiger partial charge on any atom is 0.213 e. The quantitative estimate of drug-likeness (QED) is 0.484. The number of hydrogen-bond acceptors (Lipinski definition) is 5. The highest BCUT2D eigenvalue weighted by Crippen LogP contribution is 2.46. The first-order chi connectivity index (χ1) is 15.7. The van der Waals surface area contributed by atoms with Crippen molar-refractivity contribution in [2.75, 3.05) is 25.1 Å². The van der Waals surface area contributed by atoms with Crippen LogP contribution in [-0.4, -0.2) is 39.8 Å². The first kappa shape index (κ1) is 19.3. The standard InChI is InChI=1S/C26H27N5O/c1-18-24(19-6-4-3-5-7-19)31-22(8-11-28-31)25(29-18)30-12-9-26(10-13-30)15-20-14-23(32-2)27-17-21(20)16-26/h3-8,11,14,17H,9-10,12-13,15-16H2,1-2H3. The van der Waals surface area contributed by atoms with E-state index >= 15 is 0 Å². The number of fused-ring (bicyclic) bond motifs is 2. The molecule has 0 atom stereocenters. The highest BCUT2D eigenvalue weighted by Gasteiger charge is 2.40. The Morgan fingerprint density at radius 2 is 1.78 bits per heavy atom. The van der Waals surface area contributed by atoms with Crippen LogP contribution in [0.2, 0.25) is 0 Å². The number of ether oxygens (including phenoxy) is 1. The minimum absolute atomic E-state index is 0.336. The Bertz CT molecular complexity index is 1290. The fraction of sp³-hybridized carbons (Fsp3) is 0.346. The largest absolute Gasteiger partial charge is 0.481 e. The van der Waals surface area contributed by atoms with Crippen LogP contribution >= 0.6 is 0 Å². The van der Waals surface area contributed by atoms with E-state index in [-0.39, 0.29) is 0 Å². The van der Waals surface area contributed by atoms with Gasteiger partial charge in [-0.3, -0.25) is 0 Å². The third kappa shape index (κ3) is 3.05. The third-order valence-electron chi connectivity index (χ3n) is 7.27. The second-order valence-corrected chi connectivity index (χ2v) is 9.20. The molecule has 0 saturated carbocycles. The summed E-state index contributed by atoms with van der Waals surface area (Å²) < 4.78 is 7.40.